The topological polar surface area (TPSA) is 59.8 Å². The van der Waals surface area contributed by atoms with E-state index in [-0.39, 0.29) is 5.91 Å². The predicted molar refractivity (Wildman–Crippen MR) is 75.1 cm³/mol. The van der Waals surface area contributed by atoms with E-state index in [1.807, 2.05) is 29.9 Å². The van der Waals surface area contributed by atoms with E-state index in [2.05, 4.69) is 15.3 Å². The Labute approximate surface area is 115 Å². The maximum Gasteiger partial charge on any atom is 0.252 e. The molecule has 1 N–H and O–H groups in total. The fourth-order valence-corrected chi connectivity index (χ4v) is 2.75. The summed E-state index contributed by atoms with van der Waals surface area (Å²) < 4.78 is 1.98. The molecule has 0 spiro atoms. The standard InChI is InChI=1S/C15H12N4O/c1-19-7-4-10-9(2-6-17-14(10)19)13-12-8-18-15(20)11(12)3-5-16-13/h2-7H,8H2,1H3,(H,18,20). The number of aryl methyl sites for hydroxylation is 1. The van der Waals surface area contributed by atoms with E-state index in [0.29, 0.717) is 6.54 Å². The van der Waals surface area contributed by atoms with Crippen LogP contribution in [0.4, 0.5) is 0 Å². The van der Waals surface area contributed by atoms with Gasteiger partial charge in [-0.05, 0) is 18.2 Å². The molecule has 5 heteroatoms. The Morgan fingerprint density at radius 3 is 2.85 bits per heavy atom. The van der Waals surface area contributed by atoms with Gasteiger partial charge in [-0.3, -0.25) is 9.78 Å². The molecular formula is C15H12N4O. The Bertz CT molecular complexity index is 850. The van der Waals surface area contributed by atoms with Gasteiger partial charge in [0.1, 0.15) is 5.65 Å². The molecule has 1 aliphatic heterocycles. The minimum atomic E-state index is -0.0259. The summed E-state index contributed by atoms with van der Waals surface area (Å²) in [4.78, 5) is 20.6. The van der Waals surface area contributed by atoms with E-state index in [4.69, 9.17) is 0 Å². The number of rotatable bonds is 1. The summed E-state index contributed by atoms with van der Waals surface area (Å²) in [7, 11) is 1.97. The molecule has 3 aromatic rings. The smallest absolute Gasteiger partial charge is 0.252 e. The Hall–Kier alpha value is -2.69. The lowest BCUT2D eigenvalue weighted by molar-refractivity contribution is 0.0965. The monoisotopic (exact) mass is 264 g/mol. The van der Waals surface area contributed by atoms with Crippen molar-refractivity contribution in [3.63, 3.8) is 0 Å². The molecule has 0 radical (unpaired) electrons. The van der Waals surface area contributed by atoms with E-state index in [1.54, 1.807) is 18.5 Å². The summed E-state index contributed by atoms with van der Waals surface area (Å²) >= 11 is 0. The molecule has 0 atom stereocenters. The van der Waals surface area contributed by atoms with Gasteiger partial charge in [-0.25, -0.2) is 4.98 Å². The molecule has 20 heavy (non-hydrogen) atoms. The molecule has 0 aliphatic carbocycles. The Morgan fingerprint density at radius 2 is 1.95 bits per heavy atom. The first-order valence-electron chi connectivity index (χ1n) is 6.42. The van der Waals surface area contributed by atoms with Crippen LogP contribution in [0.1, 0.15) is 15.9 Å². The van der Waals surface area contributed by atoms with Crippen LogP contribution in [0.25, 0.3) is 22.3 Å². The summed E-state index contributed by atoms with van der Waals surface area (Å²) in [5, 5.41) is 3.90. The van der Waals surface area contributed by atoms with Gasteiger partial charge in [0.2, 0.25) is 0 Å². The average Bonchev–Trinajstić information content (AvgIpc) is 3.03. The fraction of sp³-hybridized carbons (Fsp3) is 0.133. The average molecular weight is 264 g/mol. The van der Waals surface area contributed by atoms with E-state index >= 15 is 0 Å². The van der Waals surface area contributed by atoms with Crippen molar-refractivity contribution >= 4 is 16.9 Å². The molecule has 4 rings (SSSR count). The molecular weight excluding hydrogens is 252 g/mol. The number of aromatic nitrogens is 3. The molecule has 0 bridgehead atoms. The summed E-state index contributed by atoms with van der Waals surface area (Å²) in [5.41, 5.74) is 4.48. The number of nitrogens with zero attached hydrogens (tertiary/aromatic N) is 3. The zero-order valence-corrected chi connectivity index (χ0v) is 10.9. The molecule has 3 aromatic heterocycles. The number of carbonyl (C=O) groups is 1. The van der Waals surface area contributed by atoms with Crippen LogP contribution in [-0.2, 0) is 13.6 Å². The number of fused-ring (bicyclic) bond motifs is 2. The van der Waals surface area contributed by atoms with Gasteiger partial charge in [-0.1, -0.05) is 0 Å². The van der Waals surface area contributed by atoms with Gasteiger partial charge in [0.05, 0.1) is 5.69 Å². The summed E-state index contributed by atoms with van der Waals surface area (Å²) in [6, 6.07) is 5.75. The second kappa shape index (κ2) is 3.90. The summed E-state index contributed by atoms with van der Waals surface area (Å²) in [6.45, 7) is 0.536. The van der Waals surface area contributed by atoms with Crippen molar-refractivity contribution in [2.75, 3.05) is 0 Å². The highest BCUT2D eigenvalue weighted by molar-refractivity contribution is 6.02. The Kier molecular flexibility index (Phi) is 2.18. The van der Waals surface area contributed by atoms with Crippen LogP contribution >= 0.6 is 0 Å². The lowest BCUT2D eigenvalue weighted by atomic mass is 10.0. The Morgan fingerprint density at radius 1 is 1.15 bits per heavy atom. The maximum atomic E-state index is 11.8. The van der Waals surface area contributed by atoms with Crippen molar-refractivity contribution in [2.45, 2.75) is 6.54 Å². The zero-order chi connectivity index (χ0) is 13.7. The van der Waals surface area contributed by atoms with Crippen molar-refractivity contribution in [1.29, 1.82) is 0 Å². The van der Waals surface area contributed by atoms with Crippen molar-refractivity contribution < 1.29 is 4.79 Å². The lowest BCUT2D eigenvalue weighted by Gasteiger charge is -2.07. The number of hydrogen-bond acceptors (Lipinski definition) is 3. The quantitative estimate of drug-likeness (QED) is 0.730. The number of amides is 1. The second-order valence-corrected chi connectivity index (χ2v) is 4.89. The van der Waals surface area contributed by atoms with Crippen LogP contribution in [0.15, 0.2) is 36.8 Å². The lowest BCUT2D eigenvalue weighted by Crippen LogP contribution is -2.12. The third-order valence-corrected chi connectivity index (χ3v) is 3.75. The van der Waals surface area contributed by atoms with Crippen LogP contribution in [0.3, 0.4) is 0 Å². The minimum Gasteiger partial charge on any atom is -0.348 e. The van der Waals surface area contributed by atoms with E-state index in [1.165, 1.54) is 0 Å². The first-order chi connectivity index (χ1) is 9.75. The van der Waals surface area contributed by atoms with Crippen molar-refractivity contribution in [3.8, 4) is 11.3 Å². The SMILES string of the molecule is Cn1ccc2c(-c3nccc4c3CNC4=O)ccnc21. The highest BCUT2D eigenvalue weighted by Gasteiger charge is 2.23. The van der Waals surface area contributed by atoms with Gasteiger partial charge < -0.3 is 9.88 Å². The summed E-state index contributed by atoms with van der Waals surface area (Å²) in [6.07, 6.45) is 5.45. The normalized spacial score (nSPS) is 13.6. The van der Waals surface area contributed by atoms with Crippen molar-refractivity contribution in [3.05, 3.63) is 47.9 Å². The van der Waals surface area contributed by atoms with Gasteiger partial charge in [-0.15, -0.1) is 0 Å². The maximum absolute atomic E-state index is 11.8. The third-order valence-electron chi connectivity index (χ3n) is 3.75. The number of hydrogen-bond donors (Lipinski definition) is 1. The van der Waals surface area contributed by atoms with Gasteiger partial charge in [0, 0.05) is 54.3 Å². The number of pyridine rings is 2. The van der Waals surface area contributed by atoms with Gasteiger partial charge in [0.15, 0.2) is 0 Å². The highest BCUT2D eigenvalue weighted by atomic mass is 16.1. The van der Waals surface area contributed by atoms with Crippen LogP contribution in [0, 0.1) is 0 Å². The molecule has 5 nitrogen and oxygen atoms in total. The molecule has 4 heterocycles. The number of nitrogens with one attached hydrogen (secondary N) is 1. The minimum absolute atomic E-state index is 0.0259. The van der Waals surface area contributed by atoms with Gasteiger partial charge in [-0.2, -0.15) is 0 Å². The molecule has 0 saturated heterocycles. The highest BCUT2D eigenvalue weighted by Crippen LogP contribution is 2.31. The van der Waals surface area contributed by atoms with Gasteiger partial charge in [0.25, 0.3) is 5.91 Å². The molecule has 98 valence electrons. The largest absolute Gasteiger partial charge is 0.348 e. The fourth-order valence-electron chi connectivity index (χ4n) is 2.75. The van der Waals surface area contributed by atoms with Gasteiger partial charge >= 0.3 is 0 Å². The van der Waals surface area contributed by atoms with Crippen LogP contribution in [-0.4, -0.2) is 20.4 Å². The van der Waals surface area contributed by atoms with Crippen LogP contribution in [0.5, 0.6) is 0 Å². The number of carbonyl (C=O) groups excluding carboxylic acids is 1. The first-order valence-corrected chi connectivity index (χ1v) is 6.42. The van der Waals surface area contributed by atoms with Crippen LogP contribution in [0.2, 0.25) is 0 Å². The molecule has 0 unspecified atom stereocenters. The van der Waals surface area contributed by atoms with E-state index in [0.717, 1.165) is 33.4 Å². The molecule has 0 saturated carbocycles. The van der Waals surface area contributed by atoms with E-state index in [9.17, 15) is 4.79 Å². The second-order valence-electron chi connectivity index (χ2n) is 4.89. The predicted octanol–water partition coefficient (Wildman–Crippen LogP) is 1.88. The Balaban J connectivity index is 2.04. The molecule has 0 aromatic carbocycles. The third kappa shape index (κ3) is 1.40. The van der Waals surface area contributed by atoms with Crippen molar-refractivity contribution in [1.82, 2.24) is 19.9 Å². The summed E-state index contributed by atoms with van der Waals surface area (Å²) in [5.74, 6) is -0.0259. The molecule has 1 aliphatic rings. The van der Waals surface area contributed by atoms with Crippen molar-refractivity contribution in [2.24, 2.45) is 7.05 Å². The first kappa shape index (κ1) is 11.2. The molecule has 1 amide bonds. The van der Waals surface area contributed by atoms with E-state index < -0.39 is 0 Å². The molecule has 0 fully saturated rings. The zero-order valence-electron chi connectivity index (χ0n) is 10.9. The van der Waals surface area contributed by atoms with Crippen LogP contribution < -0.4 is 5.32 Å².